The molecular weight excluding hydrogens is 166 g/mol. The van der Waals surface area contributed by atoms with Crippen LogP contribution in [0, 0.1) is 16.5 Å². The van der Waals surface area contributed by atoms with Crippen molar-refractivity contribution in [1.29, 1.82) is 0 Å². The molecule has 2 rings (SSSR count). The molecule has 2 aliphatic rings. The first-order valence-electron chi connectivity index (χ1n) is 3.65. The Morgan fingerprint density at radius 2 is 2.42 bits per heavy atom. The molecule has 0 N–H and O–H groups in total. The summed E-state index contributed by atoms with van der Waals surface area (Å²) in [6, 6.07) is 0. The summed E-state index contributed by atoms with van der Waals surface area (Å²) in [6.45, 7) is 0.708. The predicted molar refractivity (Wildman–Crippen MR) is 35.6 cm³/mol. The molecule has 2 heterocycles. The molecule has 2 unspecified atom stereocenters. The second kappa shape index (κ2) is 2.87. The summed E-state index contributed by atoms with van der Waals surface area (Å²) < 4.78 is 10.4. The first-order chi connectivity index (χ1) is 5.77. The monoisotopic (exact) mass is 174 g/mol. The van der Waals surface area contributed by atoms with Crippen molar-refractivity contribution in [2.45, 2.75) is 18.3 Å². The zero-order chi connectivity index (χ0) is 8.55. The van der Waals surface area contributed by atoms with Crippen molar-refractivity contribution in [2.24, 2.45) is 0 Å². The highest BCUT2D eigenvalue weighted by atomic mass is 17.0. The van der Waals surface area contributed by atoms with Gasteiger partial charge in [-0.05, 0) is 0 Å². The van der Waals surface area contributed by atoms with E-state index in [1.165, 1.54) is 0 Å². The van der Waals surface area contributed by atoms with Gasteiger partial charge in [0.05, 0.1) is 19.3 Å². The quantitative estimate of drug-likeness (QED) is 0.419. The lowest BCUT2D eigenvalue weighted by Gasteiger charge is -2.12. The molecule has 2 fully saturated rings. The Morgan fingerprint density at radius 3 is 3.17 bits per heavy atom. The molecular formula is C6H8NO5. The molecule has 6 heteroatoms. The summed E-state index contributed by atoms with van der Waals surface area (Å²) in [5.74, 6) is 0. The maximum Gasteiger partial charge on any atom is 0.294 e. The first kappa shape index (κ1) is 7.75. The minimum Gasteiger partial charge on any atom is -0.373 e. The van der Waals surface area contributed by atoms with Gasteiger partial charge in [-0.25, -0.2) is 0 Å². The predicted octanol–water partition coefficient (Wildman–Crippen LogP) is -0.435. The highest BCUT2D eigenvalue weighted by Gasteiger charge is 2.44. The van der Waals surface area contributed by atoms with E-state index >= 15 is 0 Å². The third-order valence-electron chi connectivity index (χ3n) is 1.98. The molecule has 0 saturated carbocycles. The molecule has 6 nitrogen and oxygen atoms in total. The van der Waals surface area contributed by atoms with Crippen LogP contribution in [0.2, 0.25) is 0 Å². The molecule has 1 radical (unpaired) electrons. The van der Waals surface area contributed by atoms with E-state index < -0.39 is 11.2 Å². The third-order valence-corrected chi connectivity index (χ3v) is 1.98. The molecule has 0 spiro atoms. The lowest BCUT2D eigenvalue weighted by Crippen LogP contribution is -2.31. The smallest absolute Gasteiger partial charge is 0.294 e. The van der Waals surface area contributed by atoms with Crippen molar-refractivity contribution in [2.75, 3.05) is 13.2 Å². The average molecular weight is 174 g/mol. The Hall–Kier alpha value is -0.880. The minimum absolute atomic E-state index is 0.130. The Bertz CT molecular complexity index is 196. The number of hydrogen-bond acceptors (Lipinski definition) is 5. The van der Waals surface area contributed by atoms with Gasteiger partial charge in [-0.15, -0.1) is 10.1 Å². The summed E-state index contributed by atoms with van der Waals surface area (Å²) in [5, 5.41) is 9.20. The minimum atomic E-state index is -0.807. The van der Waals surface area contributed by atoms with Crippen LogP contribution in [0.15, 0.2) is 0 Å². The Balaban J connectivity index is 1.95. The van der Waals surface area contributed by atoms with Crippen LogP contribution in [0.4, 0.5) is 0 Å². The van der Waals surface area contributed by atoms with Crippen molar-refractivity contribution in [3.63, 3.8) is 0 Å². The summed E-state index contributed by atoms with van der Waals surface area (Å²) >= 11 is 0. The van der Waals surface area contributed by atoms with Crippen LogP contribution >= 0.6 is 0 Å². The normalized spacial score (nSPS) is 39.5. The lowest BCUT2D eigenvalue weighted by atomic mass is 10.1. The number of fused-ring (bicyclic) bond motifs is 1. The van der Waals surface area contributed by atoms with Crippen molar-refractivity contribution >= 4 is 0 Å². The average Bonchev–Trinajstić information content (AvgIpc) is 2.52. The van der Waals surface area contributed by atoms with E-state index in [1.807, 2.05) is 6.42 Å². The standard InChI is InChI=1S/C6H8NO5/c8-7(9)12-5-3-11-4-1-2-10-6(4)5/h1,4-6H,2-3H2/t4?,5-,6?/m1/s1. The largest absolute Gasteiger partial charge is 0.373 e. The van der Waals surface area contributed by atoms with Gasteiger partial charge in [0.2, 0.25) is 0 Å². The summed E-state index contributed by atoms with van der Waals surface area (Å²) in [4.78, 5) is 14.4. The van der Waals surface area contributed by atoms with Gasteiger partial charge in [-0.2, -0.15) is 0 Å². The molecule has 0 bridgehead atoms. The van der Waals surface area contributed by atoms with Gasteiger partial charge in [-0.1, -0.05) is 0 Å². The lowest BCUT2D eigenvalue weighted by molar-refractivity contribution is -0.769. The molecule has 3 atom stereocenters. The summed E-state index contributed by atoms with van der Waals surface area (Å²) in [6.07, 6.45) is 0.850. The fourth-order valence-electron chi connectivity index (χ4n) is 1.47. The van der Waals surface area contributed by atoms with Gasteiger partial charge in [0.15, 0.2) is 6.10 Å². The molecule has 0 aliphatic carbocycles. The number of hydrogen-bond donors (Lipinski definition) is 0. The van der Waals surface area contributed by atoms with Crippen LogP contribution in [0.25, 0.3) is 0 Å². The van der Waals surface area contributed by atoms with Gasteiger partial charge in [-0.3, -0.25) is 0 Å². The van der Waals surface area contributed by atoms with Crippen molar-refractivity contribution in [3.8, 4) is 0 Å². The molecule has 0 aromatic heterocycles. The molecule has 2 saturated heterocycles. The molecule has 67 valence electrons. The zero-order valence-electron chi connectivity index (χ0n) is 6.21. The number of rotatable bonds is 2. The van der Waals surface area contributed by atoms with Crippen LogP contribution in [-0.4, -0.2) is 36.6 Å². The van der Waals surface area contributed by atoms with Gasteiger partial charge in [0.1, 0.15) is 6.10 Å². The van der Waals surface area contributed by atoms with E-state index in [1.54, 1.807) is 0 Å². The summed E-state index contributed by atoms with van der Waals surface area (Å²) in [5.41, 5.74) is 0. The molecule has 12 heavy (non-hydrogen) atoms. The molecule has 0 aromatic carbocycles. The van der Waals surface area contributed by atoms with Gasteiger partial charge < -0.3 is 14.3 Å². The van der Waals surface area contributed by atoms with E-state index in [-0.39, 0.29) is 18.8 Å². The first-order valence-corrected chi connectivity index (χ1v) is 3.65. The topological polar surface area (TPSA) is 70.8 Å². The SMILES string of the molecule is O=[N+]([O-])O[C@@H]1COC2[CH]COC21. The Kier molecular flexibility index (Phi) is 1.86. The molecule has 0 aromatic rings. The number of nitrogens with zero attached hydrogens (tertiary/aromatic N) is 1. The maximum absolute atomic E-state index is 10.0. The fraction of sp³-hybridized carbons (Fsp3) is 0.833. The Labute approximate surface area is 68.5 Å². The Morgan fingerprint density at radius 1 is 1.58 bits per heavy atom. The van der Waals surface area contributed by atoms with Crippen molar-refractivity contribution in [3.05, 3.63) is 16.5 Å². The van der Waals surface area contributed by atoms with Crippen LogP contribution in [0.1, 0.15) is 0 Å². The van der Waals surface area contributed by atoms with Gasteiger partial charge >= 0.3 is 0 Å². The number of ether oxygens (including phenoxy) is 2. The van der Waals surface area contributed by atoms with Crippen LogP contribution < -0.4 is 0 Å². The van der Waals surface area contributed by atoms with Gasteiger partial charge in [0, 0.05) is 6.42 Å². The van der Waals surface area contributed by atoms with Gasteiger partial charge in [0.25, 0.3) is 5.09 Å². The molecule has 2 aliphatic heterocycles. The third kappa shape index (κ3) is 1.23. The highest BCUT2D eigenvalue weighted by molar-refractivity contribution is 4.98. The van der Waals surface area contributed by atoms with Crippen LogP contribution in [0.3, 0.4) is 0 Å². The van der Waals surface area contributed by atoms with E-state index in [0.29, 0.717) is 6.61 Å². The van der Waals surface area contributed by atoms with E-state index in [2.05, 4.69) is 4.84 Å². The second-order valence-corrected chi connectivity index (χ2v) is 2.70. The second-order valence-electron chi connectivity index (χ2n) is 2.70. The van der Waals surface area contributed by atoms with Crippen LogP contribution in [0.5, 0.6) is 0 Å². The van der Waals surface area contributed by atoms with Crippen LogP contribution in [-0.2, 0) is 14.3 Å². The van der Waals surface area contributed by atoms with E-state index in [4.69, 9.17) is 9.47 Å². The summed E-state index contributed by atoms with van der Waals surface area (Å²) in [7, 11) is 0. The van der Waals surface area contributed by atoms with E-state index in [0.717, 1.165) is 0 Å². The highest BCUT2D eigenvalue weighted by Crippen LogP contribution is 2.27. The molecule has 0 amide bonds. The zero-order valence-corrected chi connectivity index (χ0v) is 6.21. The van der Waals surface area contributed by atoms with Crippen molar-refractivity contribution < 1.29 is 19.4 Å². The maximum atomic E-state index is 10.0. The van der Waals surface area contributed by atoms with E-state index in [9.17, 15) is 10.1 Å². The fourth-order valence-corrected chi connectivity index (χ4v) is 1.47. The van der Waals surface area contributed by atoms with Crippen molar-refractivity contribution in [1.82, 2.24) is 0 Å².